The van der Waals surface area contributed by atoms with E-state index in [0.29, 0.717) is 19.4 Å². The molecule has 0 aromatic heterocycles. The lowest BCUT2D eigenvalue weighted by atomic mass is 10.3. The SMILES string of the molecule is CCCC(=O)OCCC(C)(S)S. The van der Waals surface area contributed by atoms with Crippen molar-refractivity contribution in [2.45, 2.75) is 37.2 Å². The summed E-state index contributed by atoms with van der Waals surface area (Å²) in [5.41, 5.74) is 0. The molecule has 0 saturated carbocycles. The summed E-state index contributed by atoms with van der Waals surface area (Å²) >= 11 is 8.36. The third kappa shape index (κ3) is 8.27. The minimum atomic E-state index is -0.355. The fraction of sp³-hybridized carbons (Fsp3) is 0.875. The van der Waals surface area contributed by atoms with Gasteiger partial charge in [0.15, 0.2) is 0 Å². The van der Waals surface area contributed by atoms with Crippen molar-refractivity contribution < 1.29 is 9.53 Å². The van der Waals surface area contributed by atoms with Gasteiger partial charge in [0.05, 0.1) is 10.7 Å². The Hall–Kier alpha value is 0.170. The van der Waals surface area contributed by atoms with Crippen molar-refractivity contribution in [3.8, 4) is 0 Å². The molecule has 0 atom stereocenters. The van der Waals surface area contributed by atoms with Crippen molar-refractivity contribution in [1.82, 2.24) is 0 Å². The van der Waals surface area contributed by atoms with Crippen LogP contribution in [0.1, 0.15) is 33.1 Å². The van der Waals surface area contributed by atoms with E-state index in [9.17, 15) is 4.79 Å². The molecule has 4 heteroatoms. The van der Waals surface area contributed by atoms with Gasteiger partial charge < -0.3 is 4.74 Å². The Morgan fingerprint density at radius 2 is 2.08 bits per heavy atom. The molecule has 0 fully saturated rings. The summed E-state index contributed by atoms with van der Waals surface area (Å²) < 4.78 is 4.57. The maximum absolute atomic E-state index is 10.9. The van der Waals surface area contributed by atoms with Crippen LogP contribution in [0.3, 0.4) is 0 Å². The molecule has 0 aliphatic rings. The number of hydrogen-bond donors (Lipinski definition) is 2. The van der Waals surface area contributed by atoms with Gasteiger partial charge in [-0.3, -0.25) is 4.79 Å². The highest BCUT2D eigenvalue weighted by Crippen LogP contribution is 2.22. The number of carbonyl (C=O) groups is 1. The lowest BCUT2D eigenvalue weighted by Gasteiger charge is -2.15. The molecule has 0 heterocycles. The van der Waals surface area contributed by atoms with E-state index in [4.69, 9.17) is 4.74 Å². The summed E-state index contributed by atoms with van der Waals surface area (Å²) in [6, 6.07) is 0. The molecule has 0 spiro atoms. The number of hydrogen-bond acceptors (Lipinski definition) is 4. The predicted molar refractivity (Wildman–Crippen MR) is 56.9 cm³/mol. The van der Waals surface area contributed by atoms with E-state index in [2.05, 4.69) is 25.3 Å². The predicted octanol–water partition coefficient (Wildman–Crippen LogP) is 2.30. The molecule has 0 aliphatic heterocycles. The molecule has 0 aromatic carbocycles. The first-order valence-electron chi connectivity index (χ1n) is 4.06. The summed E-state index contributed by atoms with van der Waals surface area (Å²) in [6.45, 7) is 4.22. The van der Waals surface area contributed by atoms with E-state index < -0.39 is 0 Å². The van der Waals surface area contributed by atoms with Gasteiger partial charge in [0.2, 0.25) is 0 Å². The summed E-state index contributed by atoms with van der Waals surface area (Å²) in [5.74, 6) is -0.136. The number of rotatable bonds is 5. The Labute approximate surface area is 84.9 Å². The third-order valence-corrected chi connectivity index (χ3v) is 1.74. The van der Waals surface area contributed by atoms with E-state index in [-0.39, 0.29) is 10.0 Å². The van der Waals surface area contributed by atoms with Crippen LogP contribution in [-0.4, -0.2) is 16.7 Å². The maximum atomic E-state index is 10.9. The second kappa shape index (κ2) is 5.75. The minimum absolute atomic E-state index is 0.136. The van der Waals surface area contributed by atoms with E-state index in [1.807, 2.05) is 13.8 Å². The van der Waals surface area contributed by atoms with Crippen LogP contribution in [0.25, 0.3) is 0 Å². The highest BCUT2D eigenvalue weighted by atomic mass is 32.2. The van der Waals surface area contributed by atoms with E-state index in [0.717, 1.165) is 6.42 Å². The van der Waals surface area contributed by atoms with Crippen molar-refractivity contribution in [1.29, 1.82) is 0 Å². The van der Waals surface area contributed by atoms with Gasteiger partial charge >= 0.3 is 5.97 Å². The largest absolute Gasteiger partial charge is 0.466 e. The first-order valence-corrected chi connectivity index (χ1v) is 4.95. The second-order valence-corrected chi connectivity index (χ2v) is 5.26. The van der Waals surface area contributed by atoms with Crippen LogP contribution in [0.4, 0.5) is 0 Å². The Balaban J connectivity index is 3.37. The van der Waals surface area contributed by atoms with Gasteiger partial charge in [0.25, 0.3) is 0 Å². The average Bonchev–Trinajstić information content (AvgIpc) is 1.84. The standard InChI is InChI=1S/C8H16O2S2/c1-3-4-7(9)10-6-5-8(2,11)12/h11-12H,3-6H2,1-2H3. The zero-order chi connectivity index (χ0) is 9.61. The van der Waals surface area contributed by atoms with Gasteiger partial charge in [-0.1, -0.05) is 6.92 Å². The smallest absolute Gasteiger partial charge is 0.305 e. The normalized spacial score (nSPS) is 11.3. The van der Waals surface area contributed by atoms with Gasteiger partial charge in [-0.25, -0.2) is 0 Å². The fourth-order valence-corrected chi connectivity index (χ4v) is 0.817. The summed E-state index contributed by atoms with van der Waals surface area (Å²) in [4.78, 5) is 10.9. The number of thiol groups is 2. The molecule has 0 saturated heterocycles. The molecular weight excluding hydrogens is 192 g/mol. The minimum Gasteiger partial charge on any atom is -0.466 e. The second-order valence-electron chi connectivity index (χ2n) is 2.94. The first-order chi connectivity index (χ1) is 5.45. The highest BCUT2D eigenvalue weighted by molar-refractivity contribution is 8.00. The zero-order valence-corrected chi connectivity index (χ0v) is 9.33. The van der Waals surface area contributed by atoms with Crippen molar-refractivity contribution >= 4 is 31.2 Å². The fourth-order valence-electron chi connectivity index (χ4n) is 0.635. The van der Waals surface area contributed by atoms with E-state index >= 15 is 0 Å². The number of ether oxygens (including phenoxy) is 1. The summed E-state index contributed by atoms with van der Waals surface area (Å²) in [7, 11) is 0. The Kier molecular flexibility index (Phi) is 5.84. The van der Waals surface area contributed by atoms with E-state index in [1.165, 1.54) is 0 Å². The van der Waals surface area contributed by atoms with Crippen molar-refractivity contribution in [2.24, 2.45) is 0 Å². The molecular formula is C8H16O2S2. The van der Waals surface area contributed by atoms with Crippen LogP contribution in [0.5, 0.6) is 0 Å². The summed E-state index contributed by atoms with van der Waals surface area (Å²) in [5, 5.41) is 0. The lowest BCUT2D eigenvalue weighted by molar-refractivity contribution is -0.143. The molecule has 0 rings (SSSR count). The molecule has 0 aliphatic carbocycles. The molecule has 2 nitrogen and oxygen atoms in total. The maximum Gasteiger partial charge on any atom is 0.305 e. The van der Waals surface area contributed by atoms with Crippen molar-refractivity contribution in [2.75, 3.05) is 6.61 Å². The zero-order valence-electron chi connectivity index (χ0n) is 7.54. The van der Waals surface area contributed by atoms with Crippen molar-refractivity contribution in [3.05, 3.63) is 0 Å². The van der Waals surface area contributed by atoms with Crippen molar-refractivity contribution in [3.63, 3.8) is 0 Å². The molecule has 0 unspecified atom stereocenters. The van der Waals surface area contributed by atoms with E-state index in [1.54, 1.807) is 0 Å². The van der Waals surface area contributed by atoms with Crippen LogP contribution in [-0.2, 0) is 9.53 Å². The quantitative estimate of drug-likeness (QED) is 0.412. The average molecular weight is 208 g/mol. The first kappa shape index (κ1) is 12.2. The molecule has 0 N–H and O–H groups in total. The van der Waals surface area contributed by atoms with Gasteiger partial charge in [-0.05, 0) is 13.3 Å². The third-order valence-electron chi connectivity index (χ3n) is 1.29. The molecule has 0 radical (unpaired) electrons. The lowest BCUT2D eigenvalue weighted by Crippen LogP contribution is -2.13. The molecule has 0 bridgehead atoms. The van der Waals surface area contributed by atoms with Crippen LogP contribution in [0.2, 0.25) is 0 Å². The Morgan fingerprint density at radius 3 is 2.50 bits per heavy atom. The topological polar surface area (TPSA) is 26.3 Å². The molecule has 12 heavy (non-hydrogen) atoms. The monoisotopic (exact) mass is 208 g/mol. The van der Waals surface area contributed by atoms with Crippen LogP contribution < -0.4 is 0 Å². The molecule has 72 valence electrons. The number of carbonyl (C=O) groups excluding carboxylic acids is 1. The highest BCUT2D eigenvalue weighted by Gasteiger charge is 2.12. The van der Waals surface area contributed by atoms with Crippen LogP contribution >= 0.6 is 25.3 Å². The Morgan fingerprint density at radius 1 is 1.50 bits per heavy atom. The van der Waals surface area contributed by atoms with Gasteiger partial charge in [-0.2, -0.15) is 25.3 Å². The molecule has 0 aromatic rings. The number of esters is 1. The van der Waals surface area contributed by atoms with Gasteiger partial charge in [0, 0.05) is 12.8 Å². The summed E-state index contributed by atoms with van der Waals surface area (Å²) in [6.07, 6.45) is 1.99. The Bertz CT molecular complexity index is 140. The van der Waals surface area contributed by atoms with Gasteiger partial charge in [0.1, 0.15) is 0 Å². The molecule has 0 amide bonds. The van der Waals surface area contributed by atoms with Crippen LogP contribution in [0, 0.1) is 0 Å². The van der Waals surface area contributed by atoms with Crippen LogP contribution in [0.15, 0.2) is 0 Å². The van der Waals surface area contributed by atoms with Gasteiger partial charge in [-0.15, -0.1) is 0 Å².